The highest BCUT2D eigenvalue weighted by atomic mass is 15.1. The molecule has 0 heterocycles. The lowest BCUT2D eigenvalue weighted by Crippen LogP contribution is -2.20. The maximum Gasteiger partial charge on any atom is 0.0959 e. The van der Waals surface area contributed by atoms with Crippen LogP contribution >= 0.6 is 0 Å². The molecule has 0 saturated carbocycles. The smallest absolute Gasteiger partial charge is 0.0959 e. The Labute approximate surface area is 256 Å². The topological polar surface area (TPSA) is 24.1 Å². The van der Waals surface area contributed by atoms with Crippen molar-refractivity contribution in [3.63, 3.8) is 0 Å². The number of benzene rings is 2. The summed E-state index contributed by atoms with van der Waals surface area (Å²) in [5.74, 6) is 0.775. The molecule has 2 heteroatoms. The predicted octanol–water partition coefficient (Wildman–Crippen LogP) is 12.1. The molecule has 0 radical (unpaired) electrons. The Morgan fingerprint density at radius 2 is 1.39 bits per heavy atom. The summed E-state index contributed by atoms with van der Waals surface area (Å²) in [6.07, 6.45) is 21.8. The van der Waals surface area contributed by atoms with Gasteiger partial charge in [0.2, 0.25) is 0 Å². The maximum atomic E-state index is 4.00. The Balaban J connectivity index is -0.000000163. The van der Waals surface area contributed by atoms with E-state index in [1.165, 1.54) is 36.0 Å². The lowest BCUT2D eigenvalue weighted by Gasteiger charge is -2.12. The van der Waals surface area contributed by atoms with Crippen LogP contribution in [-0.4, -0.2) is 6.54 Å². The Kier molecular flexibility index (Phi) is 46.3. The lowest BCUT2D eigenvalue weighted by atomic mass is 10.1. The molecule has 0 aliphatic rings. The fraction of sp³-hybridized carbons (Fsp3) is 0.333. The van der Waals surface area contributed by atoms with E-state index in [0.29, 0.717) is 6.54 Å². The predicted molar refractivity (Wildman–Crippen MR) is 195 cm³/mol. The molecule has 2 aromatic rings. The number of aryl methyl sites for hydroxylation is 2. The fourth-order valence-corrected chi connectivity index (χ4v) is 2.63. The summed E-state index contributed by atoms with van der Waals surface area (Å²) < 4.78 is 0. The van der Waals surface area contributed by atoms with Crippen LogP contribution in [0.5, 0.6) is 0 Å². The van der Waals surface area contributed by atoms with Gasteiger partial charge in [-0.25, -0.2) is 0 Å². The van der Waals surface area contributed by atoms with Crippen LogP contribution in [0.15, 0.2) is 117 Å². The van der Waals surface area contributed by atoms with Gasteiger partial charge < -0.3 is 10.6 Å². The van der Waals surface area contributed by atoms with E-state index in [0.717, 1.165) is 17.1 Å². The van der Waals surface area contributed by atoms with Gasteiger partial charge in [-0.2, -0.15) is 0 Å². The minimum Gasteiger partial charge on any atom is -0.368 e. The van der Waals surface area contributed by atoms with E-state index in [-0.39, 0.29) is 0 Å². The van der Waals surface area contributed by atoms with Crippen LogP contribution in [0.3, 0.4) is 0 Å². The highest BCUT2D eigenvalue weighted by Gasteiger charge is 1.96. The zero-order chi connectivity index (χ0) is 32.9. The van der Waals surface area contributed by atoms with Crippen LogP contribution in [0.4, 0.5) is 5.69 Å². The SMILES string of the molecule is C#C.C=C.C=C/C(=C\C=C/C)CNC(=C)Nc1ccc(C)cc1.C=Cc1cccc(C)c1.CC.CC.CCCCC. The molecule has 0 fully saturated rings. The van der Waals surface area contributed by atoms with Crippen molar-refractivity contribution in [2.24, 2.45) is 0 Å². The summed E-state index contributed by atoms with van der Waals surface area (Å²) in [6, 6.07) is 16.5. The first kappa shape index (κ1) is 46.9. The van der Waals surface area contributed by atoms with Gasteiger partial charge in [0, 0.05) is 12.2 Å². The quantitative estimate of drug-likeness (QED) is 0.172. The van der Waals surface area contributed by atoms with Gasteiger partial charge in [0.15, 0.2) is 0 Å². The summed E-state index contributed by atoms with van der Waals surface area (Å²) in [5, 5.41) is 6.45. The van der Waals surface area contributed by atoms with Crippen molar-refractivity contribution in [2.45, 2.75) is 81.6 Å². The molecular formula is C39H62N2. The molecule has 2 nitrogen and oxygen atoms in total. The molecule has 228 valence electrons. The van der Waals surface area contributed by atoms with Gasteiger partial charge in [0.25, 0.3) is 0 Å². The van der Waals surface area contributed by atoms with Crippen LogP contribution in [0.25, 0.3) is 6.08 Å². The number of rotatable bonds is 10. The Hall–Kier alpha value is -3.96. The number of hydrogen-bond acceptors (Lipinski definition) is 2. The molecule has 0 saturated heterocycles. The highest BCUT2D eigenvalue weighted by Crippen LogP contribution is 2.10. The van der Waals surface area contributed by atoms with Crippen molar-refractivity contribution < 1.29 is 0 Å². The average molecular weight is 559 g/mol. The minimum atomic E-state index is 0.700. The van der Waals surface area contributed by atoms with E-state index < -0.39 is 0 Å². The standard InChI is InChI=1S/C17H22N2.C9H10.C5H12.2C2H6.C2H4.C2H2/c1-5-7-8-16(6-2)13-18-15(4)19-17-11-9-14(3)10-12-17;1-3-9-6-4-5-8(2)7-9;1-3-5-4-2;4*1-2/h5-12,18-19H,2,4,13H2,1,3H3;3-7H,1H2,2H3;3-5H2,1-2H3;2*1-2H3;1-2H2;1-2H/b7-5-,16-8+;;;;;;. The number of unbranched alkanes of at least 4 members (excludes halogenated alkanes) is 2. The molecule has 0 bridgehead atoms. The van der Waals surface area contributed by atoms with Gasteiger partial charge in [-0.1, -0.05) is 158 Å². The number of terminal acetylenes is 1. The van der Waals surface area contributed by atoms with Crippen LogP contribution < -0.4 is 10.6 Å². The number of anilines is 1. The summed E-state index contributed by atoms with van der Waals surface area (Å²) in [6.45, 7) is 36.7. The molecule has 0 unspecified atom stereocenters. The fourth-order valence-electron chi connectivity index (χ4n) is 2.63. The Bertz CT molecular complexity index is 926. The zero-order valence-corrected chi connectivity index (χ0v) is 28.0. The maximum absolute atomic E-state index is 4.00. The van der Waals surface area contributed by atoms with Gasteiger partial charge in [0.1, 0.15) is 0 Å². The van der Waals surface area contributed by atoms with Crippen LogP contribution in [-0.2, 0) is 0 Å². The normalized spacial score (nSPS) is 8.71. The molecule has 2 N–H and O–H groups in total. The van der Waals surface area contributed by atoms with Gasteiger partial charge in [-0.15, -0.1) is 26.0 Å². The van der Waals surface area contributed by atoms with Crippen molar-refractivity contribution in [3.8, 4) is 12.8 Å². The van der Waals surface area contributed by atoms with E-state index in [1.54, 1.807) is 0 Å². The van der Waals surface area contributed by atoms with Crippen molar-refractivity contribution in [1.29, 1.82) is 0 Å². The monoisotopic (exact) mass is 558 g/mol. The van der Waals surface area contributed by atoms with Crippen molar-refractivity contribution in [3.05, 3.63) is 134 Å². The largest absolute Gasteiger partial charge is 0.368 e. The first-order valence-electron chi connectivity index (χ1n) is 14.6. The summed E-state index contributed by atoms with van der Waals surface area (Å²) >= 11 is 0. The van der Waals surface area contributed by atoms with Crippen molar-refractivity contribution in [2.75, 3.05) is 11.9 Å². The number of hydrogen-bond donors (Lipinski definition) is 2. The Morgan fingerprint density at radius 1 is 0.854 bits per heavy atom. The zero-order valence-electron chi connectivity index (χ0n) is 28.0. The summed E-state index contributed by atoms with van der Waals surface area (Å²) in [7, 11) is 0. The summed E-state index contributed by atoms with van der Waals surface area (Å²) in [5.41, 5.74) is 5.86. The molecule has 0 spiro atoms. The lowest BCUT2D eigenvalue weighted by molar-refractivity contribution is 0.772. The molecule has 0 aliphatic carbocycles. The second kappa shape index (κ2) is 40.5. The van der Waals surface area contributed by atoms with Gasteiger partial charge >= 0.3 is 0 Å². The molecule has 2 aromatic carbocycles. The van der Waals surface area contributed by atoms with E-state index in [2.05, 4.69) is 108 Å². The van der Waals surface area contributed by atoms with Crippen LogP contribution in [0.2, 0.25) is 0 Å². The average Bonchev–Trinajstić information content (AvgIpc) is 3.03. The number of allylic oxidation sites excluding steroid dienone is 3. The first-order valence-corrected chi connectivity index (χ1v) is 14.6. The van der Waals surface area contributed by atoms with Gasteiger partial charge in [0.05, 0.1) is 5.82 Å². The van der Waals surface area contributed by atoms with Crippen molar-refractivity contribution in [1.82, 2.24) is 5.32 Å². The molecule has 2 rings (SSSR count). The third-order valence-electron chi connectivity index (χ3n) is 4.60. The van der Waals surface area contributed by atoms with Crippen molar-refractivity contribution >= 4 is 11.8 Å². The molecule has 41 heavy (non-hydrogen) atoms. The minimum absolute atomic E-state index is 0.700. The van der Waals surface area contributed by atoms with Crippen LogP contribution in [0, 0.1) is 26.7 Å². The number of nitrogens with one attached hydrogen (secondary N) is 2. The molecule has 0 aliphatic heterocycles. The first-order chi connectivity index (χ1) is 19.9. The second-order valence-electron chi connectivity index (χ2n) is 7.77. The van der Waals surface area contributed by atoms with E-state index >= 15 is 0 Å². The molecular weight excluding hydrogens is 496 g/mol. The van der Waals surface area contributed by atoms with E-state index in [1.807, 2.05) is 89.3 Å². The van der Waals surface area contributed by atoms with E-state index in [9.17, 15) is 0 Å². The van der Waals surface area contributed by atoms with Crippen LogP contribution in [0.1, 0.15) is 84.4 Å². The Morgan fingerprint density at radius 3 is 1.76 bits per heavy atom. The van der Waals surface area contributed by atoms with Gasteiger partial charge in [-0.05, 0) is 44.0 Å². The highest BCUT2D eigenvalue weighted by molar-refractivity contribution is 5.48. The molecule has 0 aromatic heterocycles. The molecule has 0 atom stereocenters. The summed E-state index contributed by atoms with van der Waals surface area (Å²) in [4.78, 5) is 0. The van der Waals surface area contributed by atoms with E-state index in [4.69, 9.17) is 0 Å². The second-order valence-corrected chi connectivity index (χ2v) is 7.77. The third-order valence-corrected chi connectivity index (χ3v) is 4.60. The van der Waals surface area contributed by atoms with Gasteiger partial charge in [-0.3, -0.25) is 0 Å². The molecule has 0 amide bonds. The third kappa shape index (κ3) is 34.0.